The van der Waals surface area contributed by atoms with Crippen LogP contribution in [0.4, 0.5) is 0 Å². The van der Waals surface area contributed by atoms with Gasteiger partial charge in [0.25, 0.3) is 0 Å². The van der Waals surface area contributed by atoms with Crippen molar-refractivity contribution in [1.82, 2.24) is 5.32 Å². The Morgan fingerprint density at radius 1 is 1.10 bits per heavy atom. The standard InChI is InChI=1S/C17H31NO2/c1-2-20-16-12-15(17(16)9-4-3-5-10-17)18-13-7-6-8-14(19)11-13/h13-16,18-19H,2-12H2,1H3. The normalized spacial score (nSPS) is 40.5. The summed E-state index contributed by atoms with van der Waals surface area (Å²) in [4.78, 5) is 0. The lowest BCUT2D eigenvalue weighted by Crippen LogP contribution is -2.66. The van der Waals surface area contributed by atoms with E-state index in [1.54, 1.807) is 0 Å². The Balaban J connectivity index is 1.60. The number of aliphatic hydroxyl groups is 1. The van der Waals surface area contributed by atoms with Gasteiger partial charge in [-0.1, -0.05) is 19.3 Å². The lowest BCUT2D eigenvalue weighted by atomic mass is 9.55. The maximum absolute atomic E-state index is 9.86. The van der Waals surface area contributed by atoms with Gasteiger partial charge in [-0.15, -0.1) is 0 Å². The minimum absolute atomic E-state index is 0.0775. The summed E-state index contributed by atoms with van der Waals surface area (Å²) in [5.41, 5.74) is 0.413. The second-order valence-electron chi connectivity index (χ2n) is 7.21. The molecule has 0 saturated heterocycles. The first-order valence-corrected chi connectivity index (χ1v) is 8.80. The Hall–Kier alpha value is -0.120. The predicted octanol–water partition coefficient (Wildman–Crippen LogP) is 3.01. The molecule has 0 heterocycles. The van der Waals surface area contributed by atoms with Crippen molar-refractivity contribution in [3.63, 3.8) is 0 Å². The summed E-state index contributed by atoms with van der Waals surface area (Å²) >= 11 is 0. The smallest absolute Gasteiger partial charge is 0.0661 e. The summed E-state index contributed by atoms with van der Waals surface area (Å²) < 4.78 is 6.02. The van der Waals surface area contributed by atoms with Crippen molar-refractivity contribution in [2.75, 3.05) is 6.61 Å². The molecular weight excluding hydrogens is 250 g/mol. The third-order valence-corrected chi connectivity index (χ3v) is 6.02. The van der Waals surface area contributed by atoms with E-state index in [2.05, 4.69) is 12.2 Å². The van der Waals surface area contributed by atoms with Crippen molar-refractivity contribution >= 4 is 0 Å². The van der Waals surface area contributed by atoms with Gasteiger partial charge in [0.2, 0.25) is 0 Å². The molecule has 3 saturated carbocycles. The monoisotopic (exact) mass is 281 g/mol. The molecule has 0 aromatic carbocycles. The molecule has 3 nitrogen and oxygen atoms in total. The van der Waals surface area contributed by atoms with E-state index in [1.165, 1.54) is 51.4 Å². The average Bonchev–Trinajstić information content (AvgIpc) is 2.47. The lowest BCUT2D eigenvalue weighted by molar-refractivity contribution is -0.153. The Bertz CT molecular complexity index is 314. The maximum Gasteiger partial charge on any atom is 0.0661 e. The molecule has 0 aromatic heterocycles. The quantitative estimate of drug-likeness (QED) is 0.832. The predicted molar refractivity (Wildman–Crippen MR) is 80.7 cm³/mol. The van der Waals surface area contributed by atoms with E-state index in [-0.39, 0.29) is 6.10 Å². The molecule has 4 unspecified atom stereocenters. The van der Waals surface area contributed by atoms with Crippen LogP contribution in [0.1, 0.15) is 71.1 Å². The molecule has 3 heteroatoms. The van der Waals surface area contributed by atoms with Crippen LogP contribution in [-0.2, 0) is 4.74 Å². The molecule has 3 fully saturated rings. The molecule has 2 N–H and O–H groups in total. The first-order chi connectivity index (χ1) is 9.74. The highest BCUT2D eigenvalue weighted by atomic mass is 16.5. The van der Waals surface area contributed by atoms with Crippen molar-refractivity contribution < 1.29 is 9.84 Å². The van der Waals surface area contributed by atoms with E-state index < -0.39 is 0 Å². The second-order valence-corrected chi connectivity index (χ2v) is 7.21. The van der Waals surface area contributed by atoms with E-state index in [0.717, 1.165) is 19.4 Å². The fraction of sp³-hybridized carbons (Fsp3) is 1.00. The van der Waals surface area contributed by atoms with Gasteiger partial charge in [0.15, 0.2) is 0 Å². The largest absolute Gasteiger partial charge is 0.393 e. The second kappa shape index (κ2) is 6.33. The van der Waals surface area contributed by atoms with Gasteiger partial charge < -0.3 is 15.2 Å². The van der Waals surface area contributed by atoms with Gasteiger partial charge >= 0.3 is 0 Å². The van der Waals surface area contributed by atoms with Crippen LogP contribution in [0.15, 0.2) is 0 Å². The van der Waals surface area contributed by atoms with Crippen LogP contribution in [-0.4, -0.2) is 36.0 Å². The summed E-state index contributed by atoms with van der Waals surface area (Å²) in [6.07, 6.45) is 12.8. The van der Waals surface area contributed by atoms with Crippen LogP contribution in [0.5, 0.6) is 0 Å². The fourth-order valence-electron chi connectivity index (χ4n) is 4.90. The molecular formula is C17H31NO2. The molecule has 4 atom stereocenters. The summed E-state index contributed by atoms with van der Waals surface area (Å²) in [6.45, 7) is 2.97. The zero-order valence-electron chi connectivity index (χ0n) is 12.9. The molecule has 116 valence electrons. The third-order valence-electron chi connectivity index (χ3n) is 6.02. The molecule has 3 aliphatic carbocycles. The lowest BCUT2D eigenvalue weighted by Gasteiger charge is -2.59. The molecule has 0 amide bonds. The van der Waals surface area contributed by atoms with Crippen LogP contribution in [0.2, 0.25) is 0 Å². The minimum atomic E-state index is -0.0775. The summed E-state index contributed by atoms with van der Waals surface area (Å²) in [5.74, 6) is 0. The number of ether oxygens (including phenoxy) is 1. The Labute approximate surface area is 123 Å². The average molecular weight is 281 g/mol. The van der Waals surface area contributed by atoms with Crippen molar-refractivity contribution in [2.45, 2.75) is 95.4 Å². The summed E-state index contributed by atoms with van der Waals surface area (Å²) in [7, 11) is 0. The van der Waals surface area contributed by atoms with Gasteiger partial charge in [-0.2, -0.15) is 0 Å². The van der Waals surface area contributed by atoms with E-state index >= 15 is 0 Å². The van der Waals surface area contributed by atoms with Gasteiger partial charge in [0.1, 0.15) is 0 Å². The van der Waals surface area contributed by atoms with E-state index in [9.17, 15) is 5.11 Å². The number of hydrogen-bond donors (Lipinski definition) is 2. The number of hydrogen-bond acceptors (Lipinski definition) is 3. The molecule has 0 bridgehead atoms. The number of nitrogens with one attached hydrogen (secondary N) is 1. The van der Waals surface area contributed by atoms with Gasteiger partial charge in [0, 0.05) is 24.1 Å². The van der Waals surface area contributed by atoms with E-state index in [0.29, 0.717) is 23.6 Å². The topological polar surface area (TPSA) is 41.5 Å². The number of rotatable bonds is 4. The molecule has 20 heavy (non-hydrogen) atoms. The van der Waals surface area contributed by atoms with Crippen molar-refractivity contribution in [1.29, 1.82) is 0 Å². The highest BCUT2D eigenvalue weighted by molar-refractivity contribution is 5.09. The number of aliphatic hydroxyl groups excluding tert-OH is 1. The molecule has 0 aromatic rings. The minimum Gasteiger partial charge on any atom is -0.393 e. The van der Waals surface area contributed by atoms with Crippen LogP contribution < -0.4 is 5.32 Å². The highest BCUT2D eigenvalue weighted by Crippen LogP contribution is 2.53. The molecule has 0 aliphatic heterocycles. The van der Waals surface area contributed by atoms with Gasteiger partial charge in [-0.25, -0.2) is 0 Å². The first kappa shape index (κ1) is 14.8. The Morgan fingerprint density at radius 3 is 2.60 bits per heavy atom. The van der Waals surface area contributed by atoms with Crippen molar-refractivity contribution in [3.8, 4) is 0 Å². The molecule has 3 aliphatic rings. The van der Waals surface area contributed by atoms with Crippen LogP contribution >= 0.6 is 0 Å². The molecule has 1 spiro atoms. The van der Waals surface area contributed by atoms with Crippen LogP contribution in [0.3, 0.4) is 0 Å². The maximum atomic E-state index is 9.86. The Kier molecular flexibility index (Phi) is 4.68. The molecule has 3 rings (SSSR count). The summed E-state index contributed by atoms with van der Waals surface area (Å²) in [6, 6.07) is 1.17. The third kappa shape index (κ3) is 2.77. The van der Waals surface area contributed by atoms with Crippen molar-refractivity contribution in [3.05, 3.63) is 0 Å². The zero-order chi connectivity index (χ0) is 14.0. The van der Waals surface area contributed by atoms with Gasteiger partial charge in [-0.05, 0) is 51.9 Å². The van der Waals surface area contributed by atoms with Crippen molar-refractivity contribution in [2.24, 2.45) is 5.41 Å². The van der Waals surface area contributed by atoms with E-state index in [1.807, 2.05) is 0 Å². The van der Waals surface area contributed by atoms with Crippen LogP contribution in [0, 0.1) is 5.41 Å². The SMILES string of the molecule is CCOC1CC(NC2CCCC(O)C2)C12CCCCC2. The van der Waals surface area contributed by atoms with Crippen LogP contribution in [0.25, 0.3) is 0 Å². The first-order valence-electron chi connectivity index (χ1n) is 8.80. The highest BCUT2D eigenvalue weighted by Gasteiger charge is 2.55. The Morgan fingerprint density at radius 2 is 1.90 bits per heavy atom. The fourth-order valence-corrected chi connectivity index (χ4v) is 4.90. The zero-order valence-corrected chi connectivity index (χ0v) is 12.9. The van der Waals surface area contributed by atoms with E-state index in [4.69, 9.17) is 4.74 Å². The molecule has 0 radical (unpaired) electrons. The summed E-state index contributed by atoms with van der Waals surface area (Å²) in [5, 5.41) is 13.8. The van der Waals surface area contributed by atoms with Gasteiger partial charge in [0.05, 0.1) is 12.2 Å². The van der Waals surface area contributed by atoms with Gasteiger partial charge in [-0.3, -0.25) is 0 Å².